The molecule has 0 aliphatic carbocycles. The fourth-order valence-corrected chi connectivity index (χ4v) is 1.60. The lowest BCUT2D eigenvalue weighted by atomic mass is 10.0. The van der Waals surface area contributed by atoms with E-state index in [0.717, 1.165) is 0 Å². The molecule has 0 atom stereocenters. The van der Waals surface area contributed by atoms with Gasteiger partial charge in [-0.1, -0.05) is 17.3 Å². The molecule has 0 unspecified atom stereocenters. The third-order valence-electron chi connectivity index (χ3n) is 2.57. The monoisotopic (exact) mass is 276 g/mol. The summed E-state index contributed by atoms with van der Waals surface area (Å²) in [7, 11) is 1.21. The Morgan fingerprint density at radius 2 is 2.30 bits per heavy atom. The SMILES string of the molecule is COC(=O)c1cc(C=CCN=[N+]=[N-])cc([N+](=O)[O-])c1C. The molecule has 0 bridgehead atoms. The summed E-state index contributed by atoms with van der Waals surface area (Å²) in [6.45, 7) is 1.60. The second-order valence-electron chi connectivity index (χ2n) is 3.78. The number of hydrogen-bond donors (Lipinski definition) is 0. The summed E-state index contributed by atoms with van der Waals surface area (Å²) in [5, 5.41) is 14.3. The first kappa shape index (κ1) is 15.2. The molecule has 1 aromatic carbocycles. The van der Waals surface area contributed by atoms with Gasteiger partial charge in [-0.3, -0.25) is 10.1 Å². The number of carbonyl (C=O) groups is 1. The molecular formula is C12H12N4O4. The molecule has 0 saturated heterocycles. The molecule has 0 aliphatic rings. The molecule has 104 valence electrons. The number of nitro groups is 1. The minimum atomic E-state index is -0.643. The third-order valence-corrected chi connectivity index (χ3v) is 2.57. The van der Waals surface area contributed by atoms with E-state index in [4.69, 9.17) is 5.53 Å². The molecule has 0 heterocycles. The van der Waals surface area contributed by atoms with Crippen LogP contribution in [0.1, 0.15) is 21.5 Å². The Morgan fingerprint density at radius 3 is 2.85 bits per heavy atom. The zero-order chi connectivity index (χ0) is 15.1. The minimum absolute atomic E-state index is 0.117. The third kappa shape index (κ3) is 3.56. The van der Waals surface area contributed by atoms with Crippen LogP contribution in [0.15, 0.2) is 23.3 Å². The molecule has 0 spiro atoms. The molecule has 1 aromatic rings. The quantitative estimate of drug-likeness (QED) is 0.205. The molecule has 0 amide bonds. The lowest BCUT2D eigenvalue weighted by Gasteiger charge is -2.06. The van der Waals surface area contributed by atoms with Crippen LogP contribution in [0.4, 0.5) is 5.69 Å². The number of carbonyl (C=O) groups excluding carboxylic acids is 1. The van der Waals surface area contributed by atoms with Crippen LogP contribution in [0.3, 0.4) is 0 Å². The first-order chi connectivity index (χ1) is 9.51. The van der Waals surface area contributed by atoms with E-state index >= 15 is 0 Å². The Labute approximate surface area is 114 Å². The van der Waals surface area contributed by atoms with Gasteiger partial charge in [-0.2, -0.15) is 0 Å². The van der Waals surface area contributed by atoms with Crippen LogP contribution >= 0.6 is 0 Å². The predicted molar refractivity (Wildman–Crippen MR) is 72.2 cm³/mol. The van der Waals surface area contributed by atoms with Crippen molar-refractivity contribution >= 4 is 17.7 Å². The normalized spacial score (nSPS) is 10.1. The number of ether oxygens (including phenoxy) is 1. The predicted octanol–water partition coefficient (Wildman–Crippen LogP) is 3.01. The van der Waals surface area contributed by atoms with Crippen molar-refractivity contribution in [3.8, 4) is 0 Å². The highest BCUT2D eigenvalue weighted by atomic mass is 16.6. The zero-order valence-corrected chi connectivity index (χ0v) is 10.9. The van der Waals surface area contributed by atoms with Gasteiger partial charge in [0.2, 0.25) is 0 Å². The van der Waals surface area contributed by atoms with Crippen LogP contribution in [0.5, 0.6) is 0 Å². The van der Waals surface area contributed by atoms with Crippen molar-refractivity contribution in [1.82, 2.24) is 0 Å². The van der Waals surface area contributed by atoms with Crippen LogP contribution < -0.4 is 0 Å². The van der Waals surface area contributed by atoms with Gasteiger partial charge < -0.3 is 4.74 Å². The zero-order valence-electron chi connectivity index (χ0n) is 10.9. The fraction of sp³-hybridized carbons (Fsp3) is 0.250. The standard InChI is InChI=1S/C12H12N4O4/c1-8-10(12(17)20-2)6-9(4-3-5-14-15-13)7-11(8)16(18)19/h3-4,6-7H,5H2,1-2H3. The van der Waals surface area contributed by atoms with Crippen LogP contribution in [-0.4, -0.2) is 24.5 Å². The fourth-order valence-electron chi connectivity index (χ4n) is 1.60. The number of rotatable bonds is 5. The number of azide groups is 1. The summed E-state index contributed by atoms with van der Waals surface area (Å²) < 4.78 is 4.60. The van der Waals surface area contributed by atoms with Gasteiger partial charge >= 0.3 is 5.97 Å². The molecule has 20 heavy (non-hydrogen) atoms. The first-order valence-electron chi connectivity index (χ1n) is 5.56. The highest BCUT2D eigenvalue weighted by Crippen LogP contribution is 2.25. The van der Waals surface area contributed by atoms with Gasteiger partial charge in [0.25, 0.3) is 5.69 Å². The van der Waals surface area contributed by atoms with Gasteiger partial charge in [0.1, 0.15) is 0 Å². The molecule has 0 radical (unpaired) electrons. The molecule has 0 aromatic heterocycles. The van der Waals surface area contributed by atoms with E-state index in [1.165, 1.54) is 38.3 Å². The van der Waals surface area contributed by atoms with Gasteiger partial charge in [-0.25, -0.2) is 4.79 Å². The maximum Gasteiger partial charge on any atom is 0.338 e. The van der Waals surface area contributed by atoms with E-state index in [1.54, 1.807) is 0 Å². The summed E-state index contributed by atoms with van der Waals surface area (Å²) in [5.74, 6) is -0.643. The molecule has 0 N–H and O–H groups in total. The van der Waals surface area contributed by atoms with Gasteiger partial charge in [-0.15, -0.1) is 0 Å². The Morgan fingerprint density at radius 1 is 1.60 bits per heavy atom. The van der Waals surface area contributed by atoms with Crippen LogP contribution in [0.25, 0.3) is 16.5 Å². The average Bonchev–Trinajstić information content (AvgIpc) is 2.43. The number of nitrogens with zero attached hydrogens (tertiary/aromatic N) is 4. The maximum absolute atomic E-state index is 11.6. The average molecular weight is 276 g/mol. The van der Waals surface area contributed by atoms with Crippen molar-refractivity contribution < 1.29 is 14.5 Å². The largest absolute Gasteiger partial charge is 0.465 e. The highest BCUT2D eigenvalue weighted by molar-refractivity contribution is 5.93. The first-order valence-corrected chi connectivity index (χ1v) is 5.56. The summed E-state index contributed by atoms with van der Waals surface area (Å²) in [4.78, 5) is 24.6. The van der Waals surface area contributed by atoms with E-state index in [2.05, 4.69) is 14.8 Å². The summed E-state index contributed by atoms with van der Waals surface area (Å²) >= 11 is 0. The molecule has 0 aliphatic heterocycles. The summed E-state index contributed by atoms with van der Waals surface area (Å²) in [6.07, 6.45) is 3.07. The number of benzene rings is 1. The summed E-state index contributed by atoms with van der Waals surface area (Å²) in [5.41, 5.74) is 8.80. The number of methoxy groups -OCH3 is 1. The van der Waals surface area contributed by atoms with Gasteiger partial charge in [-0.05, 0) is 24.1 Å². The van der Waals surface area contributed by atoms with Crippen molar-refractivity contribution in [1.29, 1.82) is 0 Å². The van der Waals surface area contributed by atoms with Gasteiger partial charge in [0, 0.05) is 23.1 Å². The molecular weight excluding hydrogens is 264 g/mol. The van der Waals surface area contributed by atoms with E-state index in [0.29, 0.717) is 5.56 Å². The lowest BCUT2D eigenvalue weighted by Crippen LogP contribution is -2.06. The molecule has 0 saturated carbocycles. The second-order valence-corrected chi connectivity index (χ2v) is 3.78. The molecule has 1 rings (SSSR count). The van der Waals surface area contributed by atoms with Crippen LogP contribution in [0.2, 0.25) is 0 Å². The van der Waals surface area contributed by atoms with E-state index in [1.807, 2.05) is 0 Å². The molecule has 8 heteroatoms. The Bertz CT molecular complexity index is 618. The molecule has 8 nitrogen and oxygen atoms in total. The van der Waals surface area contributed by atoms with Crippen molar-refractivity contribution in [2.75, 3.05) is 13.7 Å². The Balaban J connectivity index is 3.29. The number of hydrogen-bond acceptors (Lipinski definition) is 5. The van der Waals surface area contributed by atoms with Crippen molar-refractivity contribution in [3.63, 3.8) is 0 Å². The van der Waals surface area contributed by atoms with Gasteiger partial charge in [0.15, 0.2) is 0 Å². The van der Waals surface area contributed by atoms with E-state index in [-0.39, 0.29) is 23.4 Å². The minimum Gasteiger partial charge on any atom is -0.465 e. The van der Waals surface area contributed by atoms with E-state index < -0.39 is 10.9 Å². The van der Waals surface area contributed by atoms with Crippen molar-refractivity contribution in [2.24, 2.45) is 5.11 Å². The second kappa shape index (κ2) is 6.91. The number of esters is 1. The topological polar surface area (TPSA) is 118 Å². The lowest BCUT2D eigenvalue weighted by molar-refractivity contribution is -0.385. The Hall–Kier alpha value is -2.86. The van der Waals surface area contributed by atoms with E-state index in [9.17, 15) is 14.9 Å². The Kier molecular flexibility index (Phi) is 5.25. The van der Waals surface area contributed by atoms with Crippen molar-refractivity contribution in [3.05, 3.63) is 55.5 Å². The number of nitro benzene ring substituents is 1. The summed E-state index contributed by atoms with van der Waals surface area (Å²) in [6, 6.07) is 2.83. The highest BCUT2D eigenvalue weighted by Gasteiger charge is 2.20. The van der Waals surface area contributed by atoms with Gasteiger partial charge in [0.05, 0.1) is 17.6 Å². The molecule has 0 fully saturated rings. The van der Waals surface area contributed by atoms with Crippen LogP contribution in [0, 0.1) is 17.0 Å². The van der Waals surface area contributed by atoms with Crippen LogP contribution in [-0.2, 0) is 4.74 Å². The van der Waals surface area contributed by atoms with Crippen molar-refractivity contribution in [2.45, 2.75) is 6.92 Å². The maximum atomic E-state index is 11.6. The smallest absolute Gasteiger partial charge is 0.338 e.